The number of carbonyl (C=O) groups excluding carboxylic acids is 3. The summed E-state index contributed by atoms with van der Waals surface area (Å²) in [6.07, 6.45) is -4.26. The molecule has 1 aromatic carbocycles. The number of esters is 2. The molecule has 0 saturated carbocycles. The first-order valence-electron chi connectivity index (χ1n) is 8.85. The lowest BCUT2D eigenvalue weighted by Crippen LogP contribution is -2.66. The molecule has 1 aromatic rings. The van der Waals surface area contributed by atoms with Crippen molar-refractivity contribution in [2.24, 2.45) is 0 Å². The Morgan fingerprint density at radius 3 is 2.18 bits per heavy atom. The van der Waals surface area contributed by atoms with Crippen LogP contribution in [0.3, 0.4) is 0 Å². The molecule has 0 unspecified atom stereocenters. The lowest BCUT2D eigenvalue weighted by Gasteiger charge is -2.44. The van der Waals surface area contributed by atoms with E-state index >= 15 is 0 Å². The van der Waals surface area contributed by atoms with Gasteiger partial charge in [-0.3, -0.25) is 14.4 Å². The highest BCUT2D eigenvalue weighted by molar-refractivity contribution is 5.73. The quantitative estimate of drug-likeness (QED) is 0.632. The predicted octanol–water partition coefficient (Wildman–Crippen LogP) is 0.288. The fourth-order valence-electron chi connectivity index (χ4n) is 3.00. The lowest BCUT2D eigenvalue weighted by atomic mass is 9.96. The maximum Gasteiger partial charge on any atom is 0.303 e. The van der Waals surface area contributed by atoms with Crippen LogP contribution in [0.5, 0.6) is 0 Å². The van der Waals surface area contributed by atoms with Crippen molar-refractivity contribution in [3.05, 3.63) is 35.9 Å². The zero-order valence-electron chi connectivity index (χ0n) is 16.0. The highest BCUT2D eigenvalue weighted by Crippen LogP contribution is 2.28. The van der Waals surface area contributed by atoms with Crippen molar-refractivity contribution in [2.75, 3.05) is 6.61 Å². The third-order valence-electron chi connectivity index (χ3n) is 4.06. The molecule has 1 saturated heterocycles. The first-order chi connectivity index (χ1) is 13.3. The normalized spacial score (nSPS) is 26.9. The van der Waals surface area contributed by atoms with E-state index in [1.807, 2.05) is 30.3 Å². The molecule has 0 bridgehead atoms. The molecule has 1 aliphatic rings. The van der Waals surface area contributed by atoms with Crippen molar-refractivity contribution in [1.29, 1.82) is 0 Å². The Balaban J connectivity index is 2.29. The SMILES string of the molecule is CC(=O)N[C@@H]1[C@H](OCc2ccccc2)O[C@H](CO)[C@@H](OC(C)=O)[C@H]1OC(C)=O. The van der Waals surface area contributed by atoms with Gasteiger partial charge < -0.3 is 29.4 Å². The third kappa shape index (κ3) is 6.01. The Bertz CT molecular complexity index is 680. The molecule has 1 heterocycles. The molecule has 2 N–H and O–H groups in total. The number of aliphatic hydroxyl groups is 1. The number of ether oxygens (including phenoxy) is 4. The molecule has 9 nitrogen and oxygen atoms in total. The van der Waals surface area contributed by atoms with Gasteiger partial charge in [0, 0.05) is 20.8 Å². The Morgan fingerprint density at radius 1 is 1.04 bits per heavy atom. The van der Waals surface area contributed by atoms with Crippen LogP contribution in [-0.4, -0.2) is 60.2 Å². The van der Waals surface area contributed by atoms with Crippen LogP contribution in [0.1, 0.15) is 26.3 Å². The molecule has 2 rings (SSSR count). The summed E-state index contributed by atoms with van der Waals surface area (Å²) in [5.41, 5.74) is 0.861. The number of hydrogen-bond acceptors (Lipinski definition) is 8. The topological polar surface area (TPSA) is 120 Å². The molecule has 28 heavy (non-hydrogen) atoms. The van der Waals surface area contributed by atoms with Gasteiger partial charge in [-0.1, -0.05) is 30.3 Å². The van der Waals surface area contributed by atoms with Crippen molar-refractivity contribution in [1.82, 2.24) is 5.32 Å². The molecule has 0 aromatic heterocycles. The average molecular weight is 395 g/mol. The maximum absolute atomic E-state index is 11.7. The molecule has 0 spiro atoms. The minimum absolute atomic E-state index is 0.158. The van der Waals surface area contributed by atoms with Gasteiger partial charge in [-0.05, 0) is 5.56 Å². The van der Waals surface area contributed by atoms with Gasteiger partial charge in [0.15, 0.2) is 18.5 Å². The van der Waals surface area contributed by atoms with E-state index in [9.17, 15) is 19.5 Å². The first-order valence-corrected chi connectivity index (χ1v) is 8.85. The summed E-state index contributed by atoms with van der Waals surface area (Å²) in [4.78, 5) is 34.9. The van der Waals surface area contributed by atoms with E-state index in [4.69, 9.17) is 18.9 Å². The monoisotopic (exact) mass is 395 g/mol. The summed E-state index contributed by atoms with van der Waals surface area (Å²) in [5, 5.41) is 12.3. The molecule has 1 aliphatic heterocycles. The van der Waals surface area contributed by atoms with Crippen molar-refractivity contribution in [3.63, 3.8) is 0 Å². The zero-order chi connectivity index (χ0) is 20.7. The molecular formula is C19H25NO8. The number of nitrogens with one attached hydrogen (secondary N) is 1. The lowest BCUT2D eigenvalue weighted by molar-refractivity contribution is -0.279. The fraction of sp³-hybridized carbons (Fsp3) is 0.526. The number of rotatable bonds is 7. The summed E-state index contributed by atoms with van der Waals surface area (Å²) in [5.74, 6) is -1.70. The summed E-state index contributed by atoms with van der Waals surface area (Å²) >= 11 is 0. The fourth-order valence-corrected chi connectivity index (χ4v) is 3.00. The molecule has 5 atom stereocenters. The van der Waals surface area contributed by atoms with Gasteiger partial charge in [-0.2, -0.15) is 0 Å². The van der Waals surface area contributed by atoms with E-state index in [0.29, 0.717) is 0 Å². The van der Waals surface area contributed by atoms with E-state index in [2.05, 4.69) is 5.32 Å². The Hall–Kier alpha value is -2.49. The van der Waals surface area contributed by atoms with Crippen LogP contribution in [0.25, 0.3) is 0 Å². The van der Waals surface area contributed by atoms with Gasteiger partial charge in [-0.25, -0.2) is 0 Å². The zero-order valence-corrected chi connectivity index (χ0v) is 16.0. The van der Waals surface area contributed by atoms with Crippen LogP contribution in [0.4, 0.5) is 0 Å². The molecule has 0 aliphatic carbocycles. The Morgan fingerprint density at radius 2 is 1.64 bits per heavy atom. The second kappa shape index (κ2) is 10.2. The average Bonchev–Trinajstić information content (AvgIpc) is 2.63. The minimum Gasteiger partial charge on any atom is -0.456 e. The Kier molecular flexibility index (Phi) is 7.91. The van der Waals surface area contributed by atoms with Crippen LogP contribution < -0.4 is 5.32 Å². The van der Waals surface area contributed by atoms with Gasteiger partial charge in [-0.15, -0.1) is 0 Å². The molecule has 1 fully saturated rings. The van der Waals surface area contributed by atoms with Crippen molar-refractivity contribution >= 4 is 17.8 Å². The Labute approximate surface area is 162 Å². The van der Waals surface area contributed by atoms with E-state index < -0.39 is 55.1 Å². The molecule has 9 heteroatoms. The van der Waals surface area contributed by atoms with Crippen LogP contribution in [0, 0.1) is 0 Å². The smallest absolute Gasteiger partial charge is 0.303 e. The van der Waals surface area contributed by atoms with Gasteiger partial charge >= 0.3 is 11.9 Å². The molecule has 1 amide bonds. The minimum atomic E-state index is -1.11. The van der Waals surface area contributed by atoms with Crippen LogP contribution in [0.15, 0.2) is 30.3 Å². The van der Waals surface area contributed by atoms with E-state index in [-0.39, 0.29) is 6.61 Å². The van der Waals surface area contributed by atoms with Crippen molar-refractivity contribution < 1.29 is 38.4 Å². The number of aliphatic hydroxyl groups excluding tert-OH is 1. The third-order valence-corrected chi connectivity index (χ3v) is 4.06. The summed E-state index contributed by atoms with van der Waals surface area (Å²) in [6, 6.07) is 8.32. The van der Waals surface area contributed by atoms with Crippen LogP contribution >= 0.6 is 0 Å². The van der Waals surface area contributed by atoms with Crippen LogP contribution in [0.2, 0.25) is 0 Å². The number of carbonyl (C=O) groups is 3. The van der Waals surface area contributed by atoms with Crippen LogP contribution in [-0.2, 0) is 39.9 Å². The summed E-state index contributed by atoms with van der Waals surface area (Å²) in [7, 11) is 0. The second-order valence-electron chi connectivity index (χ2n) is 6.40. The molecule has 0 radical (unpaired) electrons. The van der Waals surface area contributed by atoms with Gasteiger partial charge in [0.2, 0.25) is 5.91 Å². The van der Waals surface area contributed by atoms with E-state index in [1.54, 1.807) is 0 Å². The first kappa shape index (κ1) is 21.8. The second-order valence-corrected chi connectivity index (χ2v) is 6.40. The van der Waals surface area contributed by atoms with Gasteiger partial charge in [0.25, 0.3) is 0 Å². The molecule has 154 valence electrons. The highest BCUT2D eigenvalue weighted by Gasteiger charge is 2.50. The van der Waals surface area contributed by atoms with Crippen molar-refractivity contribution in [2.45, 2.75) is 58.0 Å². The largest absolute Gasteiger partial charge is 0.456 e. The van der Waals surface area contributed by atoms with Gasteiger partial charge in [0.05, 0.1) is 13.2 Å². The van der Waals surface area contributed by atoms with E-state index in [0.717, 1.165) is 5.56 Å². The number of hydrogen-bond donors (Lipinski definition) is 2. The molecular weight excluding hydrogens is 370 g/mol. The standard InChI is InChI=1S/C19H25NO8/c1-11(22)20-16-18(27-13(3)24)17(26-12(2)23)15(9-21)28-19(16)25-10-14-7-5-4-6-8-14/h4-8,15-19,21H,9-10H2,1-3H3,(H,20,22)/t15-,16+,17-,18+,19-/m1/s1. The van der Waals surface area contributed by atoms with Crippen molar-refractivity contribution in [3.8, 4) is 0 Å². The number of benzene rings is 1. The highest BCUT2D eigenvalue weighted by atomic mass is 16.7. The summed E-state index contributed by atoms with van der Waals surface area (Å²) < 4.78 is 22.1. The number of amides is 1. The predicted molar refractivity (Wildman–Crippen MR) is 95.7 cm³/mol. The summed E-state index contributed by atoms with van der Waals surface area (Å²) in [6.45, 7) is 3.32. The maximum atomic E-state index is 11.7. The van der Waals surface area contributed by atoms with E-state index in [1.165, 1.54) is 20.8 Å². The van der Waals surface area contributed by atoms with Gasteiger partial charge in [0.1, 0.15) is 12.1 Å².